The summed E-state index contributed by atoms with van der Waals surface area (Å²) in [6, 6.07) is 13.0. The number of hydrogen-bond acceptors (Lipinski definition) is 4. The van der Waals surface area contributed by atoms with Crippen molar-refractivity contribution in [3.8, 4) is 11.4 Å². The smallest absolute Gasteiger partial charge is 0.258 e. The third-order valence-electron chi connectivity index (χ3n) is 8.18. The van der Waals surface area contributed by atoms with Gasteiger partial charge in [0.15, 0.2) is 0 Å². The number of carbonyl (C=O) groups excluding carboxylic acids is 3. The van der Waals surface area contributed by atoms with E-state index in [0.29, 0.717) is 17.0 Å². The van der Waals surface area contributed by atoms with Crippen molar-refractivity contribution >= 4 is 28.8 Å². The SMILES string of the molecule is O=C1NC(=O)c2cc(-c3nc4ccccc4n3C(C(=O)NC3CCCCC3)C3CCCCC3)ccc21. The van der Waals surface area contributed by atoms with E-state index in [0.717, 1.165) is 68.0 Å². The van der Waals surface area contributed by atoms with Gasteiger partial charge in [-0.25, -0.2) is 4.98 Å². The van der Waals surface area contributed by atoms with Crippen LogP contribution in [-0.4, -0.2) is 33.3 Å². The van der Waals surface area contributed by atoms with Gasteiger partial charge < -0.3 is 9.88 Å². The average molecular weight is 485 g/mol. The van der Waals surface area contributed by atoms with Crippen molar-refractivity contribution in [1.82, 2.24) is 20.2 Å². The molecule has 1 aliphatic heterocycles. The lowest BCUT2D eigenvalue weighted by Gasteiger charge is -2.33. The Labute approximate surface area is 210 Å². The van der Waals surface area contributed by atoms with Crippen LogP contribution < -0.4 is 10.6 Å². The van der Waals surface area contributed by atoms with E-state index in [1.54, 1.807) is 12.1 Å². The molecule has 0 spiro atoms. The molecule has 36 heavy (non-hydrogen) atoms. The van der Waals surface area contributed by atoms with E-state index in [1.165, 1.54) is 12.8 Å². The summed E-state index contributed by atoms with van der Waals surface area (Å²) >= 11 is 0. The second-order valence-corrected chi connectivity index (χ2v) is 10.5. The van der Waals surface area contributed by atoms with Gasteiger partial charge in [0.25, 0.3) is 11.8 Å². The van der Waals surface area contributed by atoms with Gasteiger partial charge in [0, 0.05) is 11.6 Å². The number of nitrogens with zero attached hydrogens (tertiary/aromatic N) is 2. The van der Waals surface area contributed by atoms with Crippen molar-refractivity contribution in [2.45, 2.75) is 76.3 Å². The van der Waals surface area contributed by atoms with Crippen molar-refractivity contribution in [3.63, 3.8) is 0 Å². The molecule has 3 amide bonds. The van der Waals surface area contributed by atoms with Crippen molar-refractivity contribution in [2.24, 2.45) is 5.92 Å². The van der Waals surface area contributed by atoms with Crippen LogP contribution in [0.4, 0.5) is 0 Å². The lowest BCUT2D eigenvalue weighted by molar-refractivity contribution is -0.127. The number of amides is 3. The van der Waals surface area contributed by atoms with Gasteiger partial charge in [-0.3, -0.25) is 19.7 Å². The summed E-state index contributed by atoms with van der Waals surface area (Å²) in [6.07, 6.45) is 11.1. The number of benzene rings is 2. The molecule has 2 heterocycles. The van der Waals surface area contributed by atoms with Gasteiger partial charge in [-0.05, 0) is 55.9 Å². The van der Waals surface area contributed by atoms with Gasteiger partial charge in [-0.2, -0.15) is 0 Å². The molecule has 1 unspecified atom stereocenters. The van der Waals surface area contributed by atoms with Crippen LogP contribution in [0.2, 0.25) is 0 Å². The molecule has 1 atom stereocenters. The molecule has 2 saturated carbocycles. The number of imide groups is 1. The first-order chi connectivity index (χ1) is 17.6. The third-order valence-corrected chi connectivity index (χ3v) is 8.18. The van der Waals surface area contributed by atoms with Gasteiger partial charge in [-0.1, -0.05) is 56.7 Å². The van der Waals surface area contributed by atoms with Crippen molar-refractivity contribution in [3.05, 3.63) is 53.6 Å². The zero-order chi connectivity index (χ0) is 24.6. The first-order valence-electron chi connectivity index (χ1n) is 13.4. The molecular weight excluding hydrogens is 452 g/mol. The summed E-state index contributed by atoms with van der Waals surface area (Å²) in [4.78, 5) is 43.5. The molecule has 0 saturated heterocycles. The topological polar surface area (TPSA) is 93.1 Å². The lowest BCUT2D eigenvalue weighted by atomic mass is 9.82. The van der Waals surface area contributed by atoms with Crippen LogP contribution in [0.3, 0.4) is 0 Å². The summed E-state index contributed by atoms with van der Waals surface area (Å²) in [5.41, 5.74) is 3.21. The highest BCUT2D eigenvalue weighted by Gasteiger charge is 2.36. The van der Waals surface area contributed by atoms with Crippen LogP contribution in [0.5, 0.6) is 0 Å². The van der Waals surface area contributed by atoms with E-state index in [2.05, 4.69) is 15.2 Å². The Morgan fingerprint density at radius 3 is 2.36 bits per heavy atom. The molecule has 2 aliphatic carbocycles. The normalized spacial score (nSPS) is 19.8. The molecule has 0 bridgehead atoms. The number of rotatable bonds is 5. The van der Waals surface area contributed by atoms with Gasteiger partial charge in [0.1, 0.15) is 11.9 Å². The van der Waals surface area contributed by atoms with E-state index in [-0.39, 0.29) is 29.8 Å². The van der Waals surface area contributed by atoms with Gasteiger partial charge in [0.05, 0.1) is 22.2 Å². The van der Waals surface area contributed by atoms with Crippen LogP contribution in [0.15, 0.2) is 42.5 Å². The molecule has 7 heteroatoms. The Bertz CT molecular complexity index is 1330. The monoisotopic (exact) mass is 484 g/mol. The second-order valence-electron chi connectivity index (χ2n) is 10.5. The maximum absolute atomic E-state index is 14.1. The van der Waals surface area contributed by atoms with Gasteiger partial charge in [0.2, 0.25) is 5.91 Å². The molecule has 0 radical (unpaired) electrons. The number of aromatic nitrogens is 2. The number of carbonyl (C=O) groups is 3. The molecular formula is C29H32N4O3. The summed E-state index contributed by atoms with van der Waals surface area (Å²) in [6.45, 7) is 0. The summed E-state index contributed by atoms with van der Waals surface area (Å²) < 4.78 is 2.11. The zero-order valence-electron chi connectivity index (χ0n) is 20.5. The van der Waals surface area contributed by atoms with E-state index >= 15 is 0 Å². The first-order valence-corrected chi connectivity index (χ1v) is 13.4. The standard InChI is InChI=1S/C29H32N4O3/c34-27-21-16-15-19(17-22(21)28(35)32-27)26-31-23-13-7-8-14-24(23)33(26)25(18-9-3-1-4-10-18)29(36)30-20-11-5-2-6-12-20/h7-8,13-18,20,25H,1-6,9-12H2,(H,30,36)(H,32,34,35). The number of hydrogen-bond donors (Lipinski definition) is 2. The Morgan fingerprint density at radius 1 is 0.889 bits per heavy atom. The highest BCUT2D eigenvalue weighted by molar-refractivity contribution is 6.21. The Morgan fingerprint density at radius 2 is 1.58 bits per heavy atom. The number of para-hydroxylation sites is 2. The molecule has 3 aliphatic rings. The van der Waals surface area contributed by atoms with Crippen molar-refractivity contribution < 1.29 is 14.4 Å². The van der Waals surface area contributed by atoms with Gasteiger partial charge >= 0.3 is 0 Å². The zero-order valence-corrected chi connectivity index (χ0v) is 20.5. The summed E-state index contributed by atoms with van der Waals surface area (Å²) in [5.74, 6) is 0.200. The number of fused-ring (bicyclic) bond motifs is 2. The maximum Gasteiger partial charge on any atom is 0.258 e. The third kappa shape index (κ3) is 4.10. The molecule has 2 aromatic carbocycles. The predicted octanol–water partition coefficient (Wildman–Crippen LogP) is 5.16. The van der Waals surface area contributed by atoms with Crippen molar-refractivity contribution in [2.75, 3.05) is 0 Å². The highest BCUT2D eigenvalue weighted by Crippen LogP contribution is 2.39. The second kappa shape index (κ2) is 9.52. The fourth-order valence-electron chi connectivity index (χ4n) is 6.36. The minimum absolute atomic E-state index is 0.0762. The maximum atomic E-state index is 14.1. The van der Waals surface area contributed by atoms with Crippen LogP contribution in [0, 0.1) is 5.92 Å². The fourth-order valence-corrected chi connectivity index (χ4v) is 6.36. The molecule has 2 fully saturated rings. The lowest BCUT2D eigenvalue weighted by Crippen LogP contribution is -2.43. The van der Waals surface area contributed by atoms with E-state index in [9.17, 15) is 14.4 Å². The Hall–Kier alpha value is -3.48. The number of imidazole rings is 1. The van der Waals surface area contributed by atoms with Crippen LogP contribution in [0.25, 0.3) is 22.4 Å². The molecule has 6 rings (SSSR count). The van der Waals surface area contributed by atoms with Crippen LogP contribution in [-0.2, 0) is 4.79 Å². The molecule has 1 aromatic heterocycles. The van der Waals surface area contributed by atoms with Crippen LogP contribution >= 0.6 is 0 Å². The Kier molecular flexibility index (Phi) is 6.07. The Balaban J connectivity index is 1.48. The van der Waals surface area contributed by atoms with Crippen LogP contribution in [0.1, 0.15) is 91.0 Å². The number of nitrogens with one attached hydrogen (secondary N) is 2. The molecule has 3 aromatic rings. The minimum Gasteiger partial charge on any atom is -0.352 e. The van der Waals surface area contributed by atoms with E-state index in [4.69, 9.17) is 4.98 Å². The first kappa shape index (κ1) is 23.0. The van der Waals surface area contributed by atoms with Crippen molar-refractivity contribution in [1.29, 1.82) is 0 Å². The van der Waals surface area contributed by atoms with Gasteiger partial charge in [-0.15, -0.1) is 0 Å². The average Bonchev–Trinajstić information content (AvgIpc) is 3.42. The molecule has 186 valence electrons. The summed E-state index contributed by atoms with van der Waals surface area (Å²) in [7, 11) is 0. The predicted molar refractivity (Wildman–Crippen MR) is 138 cm³/mol. The molecule has 7 nitrogen and oxygen atoms in total. The largest absolute Gasteiger partial charge is 0.352 e. The van der Waals surface area contributed by atoms with E-state index < -0.39 is 5.91 Å². The molecule has 2 N–H and O–H groups in total. The minimum atomic E-state index is -0.390. The van der Waals surface area contributed by atoms with E-state index in [1.807, 2.05) is 30.3 Å². The quantitative estimate of drug-likeness (QED) is 0.490. The fraction of sp³-hybridized carbons (Fsp3) is 0.448. The summed E-state index contributed by atoms with van der Waals surface area (Å²) in [5, 5.41) is 5.78. The highest BCUT2D eigenvalue weighted by atomic mass is 16.2.